The summed E-state index contributed by atoms with van der Waals surface area (Å²) in [5.41, 5.74) is 0.552. The maximum atomic E-state index is 12.1. The van der Waals surface area contributed by atoms with Crippen LogP contribution in [0.15, 0.2) is 47.1 Å². The number of carbonyl (C=O) groups is 3. The molecule has 2 heterocycles. The van der Waals surface area contributed by atoms with Gasteiger partial charge in [0.05, 0.1) is 18.7 Å². The maximum Gasteiger partial charge on any atom is 0.311 e. The van der Waals surface area contributed by atoms with Gasteiger partial charge >= 0.3 is 5.97 Å². The summed E-state index contributed by atoms with van der Waals surface area (Å²) in [6.07, 6.45) is 1.60. The number of furan rings is 1. The van der Waals surface area contributed by atoms with Crippen molar-refractivity contribution >= 4 is 35.1 Å². The first kappa shape index (κ1) is 18.0. The van der Waals surface area contributed by atoms with Crippen LogP contribution in [0.25, 0.3) is 0 Å². The van der Waals surface area contributed by atoms with Crippen LogP contribution in [0.3, 0.4) is 0 Å². The van der Waals surface area contributed by atoms with Gasteiger partial charge in [0.15, 0.2) is 6.61 Å². The molecule has 26 heavy (non-hydrogen) atoms. The van der Waals surface area contributed by atoms with E-state index in [0.29, 0.717) is 23.0 Å². The van der Waals surface area contributed by atoms with E-state index in [1.165, 1.54) is 6.26 Å². The zero-order chi connectivity index (χ0) is 18.5. The average molecular weight is 377 g/mol. The van der Waals surface area contributed by atoms with Gasteiger partial charge in [-0.05, 0) is 36.4 Å². The third-order valence-electron chi connectivity index (χ3n) is 3.95. The standard InChI is InChI=1S/C18H17ClN2O5/c19-13-3-5-14(6-4-13)20-16(22)11-26-18(24)12-8-17(23)21(9-12)10-15-2-1-7-25-15/h1-7,12H,8-11H2,(H,20,22)/t12-/m1/s1. The molecule has 0 aliphatic carbocycles. The monoisotopic (exact) mass is 376 g/mol. The number of likely N-dealkylation sites (tertiary alicyclic amines) is 1. The zero-order valence-corrected chi connectivity index (χ0v) is 14.6. The molecule has 1 atom stereocenters. The molecule has 0 bridgehead atoms. The molecule has 0 spiro atoms. The molecule has 7 nitrogen and oxygen atoms in total. The van der Waals surface area contributed by atoms with E-state index < -0.39 is 24.4 Å². The quantitative estimate of drug-likeness (QED) is 0.782. The molecular weight excluding hydrogens is 360 g/mol. The van der Waals surface area contributed by atoms with Crippen LogP contribution in [0.2, 0.25) is 5.02 Å². The Labute approximate surface area is 154 Å². The molecular formula is C18H17ClN2O5. The van der Waals surface area contributed by atoms with Crippen LogP contribution in [0, 0.1) is 5.92 Å². The van der Waals surface area contributed by atoms with Crippen LogP contribution in [0.5, 0.6) is 0 Å². The van der Waals surface area contributed by atoms with Gasteiger partial charge in [-0.15, -0.1) is 0 Å². The molecule has 0 unspecified atom stereocenters. The Balaban J connectivity index is 1.45. The summed E-state index contributed by atoms with van der Waals surface area (Å²) in [6, 6.07) is 10.1. The number of hydrogen-bond acceptors (Lipinski definition) is 5. The topological polar surface area (TPSA) is 88.9 Å². The summed E-state index contributed by atoms with van der Waals surface area (Å²) in [6.45, 7) is 0.147. The van der Waals surface area contributed by atoms with Gasteiger partial charge in [0.2, 0.25) is 5.91 Å². The van der Waals surface area contributed by atoms with Crippen LogP contribution >= 0.6 is 11.6 Å². The minimum absolute atomic E-state index is 0.0678. The minimum atomic E-state index is -0.583. The second-order valence-electron chi connectivity index (χ2n) is 5.92. The van der Waals surface area contributed by atoms with E-state index in [9.17, 15) is 14.4 Å². The number of nitrogens with zero attached hydrogens (tertiary/aromatic N) is 1. The van der Waals surface area contributed by atoms with Crippen LogP contribution < -0.4 is 5.32 Å². The smallest absolute Gasteiger partial charge is 0.311 e. The average Bonchev–Trinajstić information content (AvgIpc) is 3.25. The number of halogens is 1. The fraction of sp³-hybridized carbons (Fsp3) is 0.278. The van der Waals surface area contributed by atoms with E-state index in [0.717, 1.165) is 0 Å². The largest absolute Gasteiger partial charge is 0.467 e. The van der Waals surface area contributed by atoms with E-state index in [2.05, 4.69) is 5.32 Å². The second kappa shape index (κ2) is 8.05. The zero-order valence-electron chi connectivity index (χ0n) is 13.8. The number of ether oxygens (including phenoxy) is 1. The Kier molecular flexibility index (Phi) is 5.58. The molecule has 1 aromatic heterocycles. The molecule has 136 valence electrons. The van der Waals surface area contributed by atoms with Gasteiger partial charge in [-0.2, -0.15) is 0 Å². The summed E-state index contributed by atoms with van der Waals surface area (Å²) < 4.78 is 10.2. The van der Waals surface area contributed by atoms with E-state index in [4.69, 9.17) is 20.8 Å². The molecule has 1 N–H and O–H groups in total. The summed E-state index contributed by atoms with van der Waals surface area (Å²) >= 11 is 5.77. The van der Waals surface area contributed by atoms with E-state index in [1.54, 1.807) is 41.3 Å². The fourth-order valence-electron chi connectivity index (χ4n) is 2.66. The van der Waals surface area contributed by atoms with E-state index >= 15 is 0 Å². The predicted molar refractivity (Wildman–Crippen MR) is 93.3 cm³/mol. The van der Waals surface area contributed by atoms with Crippen molar-refractivity contribution in [3.05, 3.63) is 53.4 Å². The Morgan fingerprint density at radius 3 is 2.73 bits per heavy atom. The third-order valence-corrected chi connectivity index (χ3v) is 4.20. The molecule has 2 amide bonds. The van der Waals surface area contributed by atoms with Crippen LogP contribution in [0.4, 0.5) is 5.69 Å². The number of anilines is 1. The van der Waals surface area contributed by atoms with Gasteiger partial charge in [0.1, 0.15) is 5.76 Å². The lowest BCUT2D eigenvalue weighted by Gasteiger charge is -2.14. The van der Waals surface area contributed by atoms with Gasteiger partial charge in [0.25, 0.3) is 5.91 Å². The van der Waals surface area contributed by atoms with Gasteiger partial charge < -0.3 is 19.4 Å². The lowest BCUT2D eigenvalue weighted by atomic mass is 10.1. The van der Waals surface area contributed by atoms with Crippen molar-refractivity contribution in [3.63, 3.8) is 0 Å². The molecule has 1 aliphatic rings. The fourth-order valence-corrected chi connectivity index (χ4v) is 2.78. The molecule has 8 heteroatoms. The molecule has 0 saturated carbocycles. The Morgan fingerprint density at radius 1 is 1.27 bits per heavy atom. The SMILES string of the molecule is O=C(COC(=O)[C@@H]1CC(=O)N(Cc2ccco2)C1)Nc1ccc(Cl)cc1. The van der Waals surface area contributed by atoms with Crippen molar-refractivity contribution < 1.29 is 23.5 Å². The first-order valence-electron chi connectivity index (χ1n) is 8.03. The van der Waals surface area contributed by atoms with Crippen molar-refractivity contribution in [1.82, 2.24) is 4.90 Å². The lowest BCUT2D eigenvalue weighted by Crippen LogP contribution is -2.28. The maximum absolute atomic E-state index is 12.1. The molecule has 2 aromatic rings. The number of rotatable bonds is 6. The van der Waals surface area contributed by atoms with E-state index in [1.807, 2.05) is 0 Å². The highest BCUT2D eigenvalue weighted by molar-refractivity contribution is 6.30. The summed E-state index contributed by atoms with van der Waals surface area (Å²) in [7, 11) is 0. The van der Waals surface area contributed by atoms with Crippen molar-refractivity contribution in [2.24, 2.45) is 5.92 Å². The van der Waals surface area contributed by atoms with Crippen molar-refractivity contribution in [2.45, 2.75) is 13.0 Å². The van der Waals surface area contributed by atoms with Crippen molar-refractivity contribution in [1.29, 1.82) is 0 Å². The minimum Gasteiger partial charge on any atom is -0.467 e. The summed E-state index contributed by atoms with van der Waals surface area (Å²) in [5, 5.41) is 3.15. The predicted octanol–water partition coefficient (Wildman–Crippen LogP) is 2.46. The lowest BCUT2D eigenvalue weighted by molar-refractivity contribution is -0.151. The second-order valence-corrected chi connectivity index (χ2v) is 6.35. The van der Waals surface area contributed by atoms with Gasteiger partial charge in [-0.25, -0.2) is 0 Å². The van der Waals surface area contributed by atoms with Crippen LogP contribution in [0.1, 0.15) is 12.2 Å². The molecule has 1 aromatic carbocycles. The first-order chi connectivity index (χ1) is 12.5. The van der Waals surface area contributed by atoms with Crippen molar-refractivity contribution in [3.8, 4) is 0 Å². The summed E-state index contributed by atoms with van der Waals surface area (Å²) in [4.78, 5) is 37.5. The first-order valence-corrected chi connectivity index (χ1v) is 8.41. The Hall–Kier alpha value is -2.80. The molecule has 1 fully saturated rings. The highest BCUT2D eigenvalue weighted by Gasteiger charge is 2.35. The highest BCUT2D eigenvalue weighted by atomic mass is 35.5. The third kappa shape index (κ3) is 4.64. The van der Waals surface area contributed by atoms with Crippen LogP contribution in [-0.4, -0.2) is 35.8 Å². The number of benzene rings is 1. The summed E-state index contributed by atoms with van der Waals surface area (Å²) in [5.74, 6) is -1.10. The number of carbonyl (C=O) groups excluding carboxylic acids is 3. The normalized spacial score (nSPS) is 16.6. The molecule has 1 aliphatic heterocycles. The van der Waals surface area contributed by atoms with Crippen molar-refractivity contribution in [2.75, 3.05) is 18.5 Å². The Bertz CT molecular complexity index is 788. The highest BCUT2D eigenvalue weighted by Crippen LogP contribution is 2.21. The number of amides is 2. The van der Waals surface area contributed by atoms with Crippen LogP contribution in [-0.2, 0) is 25.7 Å². The number of esters is 1. The Morgan fingerprint density at radius 2 is 2.04 bits per heavy atom. The number of nitrogens with one attached hydrogen (secondary N) is 1. The van der Waals surface area contributed by atoms with Gasteiger partial charge in [-0.3, -0.25) is 14.4 Å². The molecule has 0 radical (unpaired) electrons. The molecule has 3 rings (SSSR count). The van der Waals surface area contributed by atoms with Gasteiger partial charge in [0, 0.05) is 23.7 Å². The number of hydrogen-bond donors (Lipinski definition) is 1. The molecule has 1 saturated heterocycles. The van der Waals surface area contributed by atoms with E-state index in [-0.39, 0.29) is 18.9 Å². The van der Waals surface area contributed by atoms with Gasteiger partial charge in [-0.1, -0.05) is 11.6 Å².